The average molecular weight is 393 g/mol. The molecule has 1 aliphatic heterocycles. The van der Waals surface area contributed by atoms with Gasteiger partial charge in [-0.3, -0.25) is 4.79 Å². The number of benzene rings is 1. The lowest BCUT2D eigenvalue weighted by molar-refractivity contribution is -0.147. The number of ether oxygens (including phenoxy) is 3. The Hall–Kier alpha value is -2.48. The van der Waals surface area contributed by atoms with E-state index in [0.717, 1.165) is 11.1 Å². The summed E-state index contributed by atoms with van der Waals surface area (Å²) < 4.78 is 15.5. The molecule has 0 bridgehead atoms. The lowest BCUT2D eigenvalue weighted by Crippen LogP contribution is -2.30. The van der Waals surface area contributed by atoms with Crippen molar-refractivity contribution in [3.05, 3.63) is 40.4 Å². The quantitative estimate of drug-likeness (QED) is 0.495. The van der Waals surface area contributed by atoms with Crippen LogP contribution < -0.4 is 4.74 Å². The van der Waals surface area contributed by atoms with Crippen LogP contribution in [0.4, 0.5) is 0 Å². The maximum atomic E-state index is 11.9. The number of carbonyl (C=O) groups excluding carboxylic acids is 3. The molecule has 1 saturated heterocycles. The molecule has 0 aromatic heterocycles. The smallest absolute Gasteiger partial charge is 0.344 e. The molecule has 1 aromatic carbocycles. The molecule has 1 aliphatic rings. The van der Waals surface area contributed by atoms with Crippen LogP contribution in [0.15, 0.2) is 29.3 Å². The number of thioether (sulfide) groups is 1. The van der Waals surface area contributed by atoms with E-state index in [1.54, 1.807) is 13.0 Å². The van der Waals surface area contributed by atoms with Crippen LogP contribution in [-0.4, -0.2) is 54.9 Å². The van der Waals surface area contributed by atoms with E-state index in [1.807, 2.05) is 26.0 Å². The van der Waals surface area contributed by atoms with Crippen molar-refractivity contribution in [1.82, 2.24) is 4.90 Å². The predicted molar refractivity (Wildman–Crippen MR) is 101 cm³/mol. The normalized spacial score (nSPS) is 15.1. The van der Waals surface area contributed by atoms with E-state index < -0.39 is 11.9 Å². The Kier molecular flexibility index (Phi) is 7.72. The molecule has 27 heavy (non-hydrogen) atoms. The molecule has 0 spiro atoms. The van der Waals surface area contributed by atoms with Crippen LogP contribution in [0.5, 0.6) is 5.75 Å². The molecule has 0 unspecified atom stereocenters. The summed E-state index contributed by atoms with van der Waals surface area (Å²) in [5, 5.41) is 0.501. The van der Waals surface area contributed by atoms with Gasteiger partial charge < -0.3 is 19.1 Å². The van der Waals surface area contributed by atoms with Crippen molar-refractivity contribution in [2.75, 3.05) is 32.1 Å². The van der Waals surface area contributed by atoms with E-state index in [1.165, 1.54) is 22.7 Å². The van der Waals surface area contributed by atoms with Gasteiger partial charge in [-0.1, -0.05) is 23.9 Å². The molecule has 7 nitrogen and oxygen atoms in total. The SMILES string of the molecule is CCOC(=O)/C=C1\SCC(=O)N1CCOC(=O)COc1cccc(C)c1C. The van der Waals surface area contributed by atoms with E-state index in [0.29, 0.717) is 10.8 Å². The van der Waals surface area contributed by atoms with E-state index in [9.17, 15) is 14.4 Å². The molecule has 1 amide bonds. The highest BCUT2D eigenvalue weighted by Gasteiger charge is 2.27. The van der Waals surface area contributed by atoms with Gasteiger partial charge in [0, 0.05) is 0 Å². The summed E-state index contributed by atoms with van der Waals surface area (Å²) in [6, 6.07) is 5.62. The second kappa shape index (κ2) is 10.0. The van der Waals surface area contributed by atoms with Crippen molar-refractivity contribution in [2.45, 2.75) is 20.8 Å². The molecule has 8 heteroatoms. The first-order valence-corrected chi connectivity index (χ1v) is 9.57. The van der Waals surface area contributed by atoms with Crippen molar-refractivity contribution in [2.24, 2.45) is 0 Å². The fourth-order valence-electron chi connectivity index (χ4n) is 2.36. The van der Waals surface area contributed by atoms with Gasteiger partial charge in [0.05, 0.1) is 30.0 Å². The highest BCUT2D eigenvalue weighted by atomic mass is 32.2. The van der Waals surface area contributed by atoms with Crippen LogP contribution in [0.2, 0.25) is 0 Å². The minimum Gasteiger partial charge on any atom is -0.482 e. The van der Waals surface area contributed by atoms with E-state index >= 15 is 0 Å². The van der Waals surface area contributed by atoms with E-state index in [4.69, 9.17) is 14.2 Å². The Morgan fingerprint density at radius 1 is 1.26 bits per heavy atom. The van der Waals surface area contributed by atoms with Gasteiger partial charge >= 0.3 is 11.9 Å². The minimum atomic E-state index is -0.522. The Morgan fingerprint density at radius 3 is 2.78 bits per heavy atom. The second-order valence-corrected chi connectivity index (χ2v) is 6.77. The summed E-state index contributed by atoms with van der Waals surface area (Å²) >= 11 is 1.25. The number of aryl methyl sites for hydroxylation is 1. The maximum absolute atomic E-state index is 11.9. The first-order valence-electron chi connectivity index (χ1n) is 8.58. The summed E-state index contributed by atoms with van der Waals surface area (Å²) in [6.45, 7) is 5.84. The zero-order chi connectivity index (χ0) is 19.8. The van der Waals surface area contributed by atoms with Crippen LogP contribution >= 0.6 is 11.8 Å². The molecule has 1 aromatic rings. The van der Waals surface area contributed by atoms with Crippen LogP contribution in [0.1, 0.15) is 18.1 Å². The molecule has 2 rings (SSSR count). The number of esters is 2. The monoisotopic (exact) mass is 393 g/mol. The maximum Gasteiger partial charge on any atom is 0.344 e. The summed E-state index contributed by atoms with van der Waals surface area (Å²) in [7, 11) is 0. The third-order valence-corrected chi connectivity index (χ3v) is 4.94. The summed E-state index contributed by atoms with van der Waals surface area (Å²) in [4.78, 5) is 36.8. The predicted octanol–water partition coefficient (Wildman–Crippen LogP) is 2.21. The van der Waals surface area contributed by atoms with Crippen LogP contribution in [-0.2, 0) is 23.9 Å². The molecule has 0 radical (unpaired) electrons. The molecule has 0 saturated carbocycles. The number of hydrogen-bond donors (Lipinski definition) is 0. The number of carbonyl (C=O) groups is 3. The van der Waals surface area contributed by atoms with Gasteiger partial charge in [0.1, 0.15) is 12.4 Å². The fraction of sp³-hybridized carbons (Fsp3) is 0.421. The van der Waals surface area contributed by atoms with Crippen molar-refractivity contribution < 1.29 is 28.6 Å². The summed E-state index contributed by atoms with van der Waals surface area (Å²) in [6.07, 6.45) is 1.28. The number of amides is 1. The Morgan fingerprint density at radius 2 is 2.04 bits per heavy atom. The van der Waals surface area contributed by atoms with Crippen molar-refractivity contribution in [3.63, 3.8) is 0 Å². The Bertz CT molecular complexity index is 746. The van der Waals surface area contributed by atoms with Gasteiger partial charge in [-0.15, -0.1) is 0 Å². The third-order valence-electron chi connectivity index (χ3n) is 3.92. The van der Waals surface area contributed by atoms with Gasteiger partial charge in [-0.2, -0.15) is 0 Å². The summed E-state index contributed by atoms with van der Waals surface area (Å²) in [5.74, 6) is -0.282. The molecule has 0 N–H and O–H groups in total. The number of hydrogen-bond acceptors (Lipinski definition) is 7. The first kappa shape index (κ1) is 20.8. The molecular weight excluding hydrogens is 370 g/mol. The number of rotatable bonds is 8. The lowest BCUT2D eigenvalue weighted by Gasteiger charge is -2.17. The van der Waals surface area contributed by atoms with Crippen molar-refractivity contribution in [1.29, 1.82) is 0 Å². The zero-order valence-corrected chi connectivity index (χ0v) is 16.5. The van der Waals surface area contributed by atoms with Crippen LogP contribution in [0, 0.1) is 13.8 Å². The molecule has 0 aliphatic carbocycles. The second-order valence-electron chi connectivity index (χ2n) is 5.78. The molecule has 0 atom stereocenters. The molecule has 146 valence electrons. The number of nitrogens with zero attached hydrogens (tertiary/aromatic N) is 1. The minimum absolute atomic E-state index is 0.0153. The van der Waals surface area contributed by atoms with Crippen LogP contribution in [0.25, 0.3) is 0 Å². The first-order chi connectivity index (χ1) is 12.9. The molecule has 1 fully saturated rings. The van der Waals surface area contributed by atoms with Gasteiger partial charge in [0.15, 0.2) is 6.61 Å². The van der Waals surface area contributed by atoms with Gasteiger partial charge in [-0.05, 0) is 38.0 Å². The molecular formula is C19H23NO6S. The summed E-state index contributed by atoms with van der Waals surface area (Å²) in [5.41, 5.74) is 2.05. The van der Waals surface area contributed by atoms with Crippen LogP contribution in [0.3, 0.4) is 0 Å². The van der Waals surface area contributed by atoms with Gasteiger partial charge in [0.25, 0.3) is 0 Å². The Labute approximate surface area is 162 Å². The highest BCUT2D eigenvalue weighted by Crippen LogP contribution is 2.28. The standard InChI is InChI=1S/C19H23NO6S/c1-4-24-18(22)10-17-20(16(21)12-27-17)8-9-25-19(23)11-26-15-7-5-6-13(2)14(15)3/h5-7,10H,4,8-9,11-12H2,1-3H3/b17-10-. The molecule has 1 heterocycles. The largest absolute Gasteiger partial charge is 0.482 e. The van der Waals surface area contributed by atoms with Crippen molar-refractivity contribution >= 4 is 29.6 Å². The topological polar surface area (TPSA) is 82.1 Å². The van der Waals surface area contributed by atoms with Crippen molar-refractivity contribution in [3.8, 4) is 5.75 Å². The third kappa shape index (κ3) is 6.02. The average Bonchev–Trinajstić information content (AvgIpc) is 2.96. The van der Waals surface area contributed by atoms with Gasteiger partial charge in [0.2, 0.25) is 5.91 Å². The van der Waals surface area contributed by atoms with E-state index in [2.05, 4.69) is 0 Å². The lowest BCUT2D eigenvalue weighted by atomic mass is 10.1. The van der Waals surface area contributed by atoms with Gasteiger partial charge in [-0.25, -0.2) is 9.59 Å². The zero-order valence-electron chi connectivity index (χ0n) is 15.6. The van der Waals surface area contributed by atoms with E-state index in [-0.39, 0.29) is 38.0 Å². The Balaban J connectivity index is 1.80. The fourth-order valence-corrected chi connectivity index (χ4v) is 3.32. The highest BCUT2D eigenvalue weighted by molar-refractivity contribution is 8.04.